The van der Waals surface area contributed by atoms with Crippen molar-refractivity contribution in [2.75, 3.05) is 32.7 Å². The fourth-order valence-corrected chi connectivity index (χ4v) is 2.41. The van der Waals surface area contributed by atoms with Gasteiger partial charge in [-0.15, -0.1) is 0 Å². The third-order valence-electron chi connectivity index (χ3n) is 4.04. The van der Waals surface area contributed by atoms with E-state index in [9.17, 15) is 0 Å². The van der Waals surface area contributed by atoms with E-state index in [1.54, 1.807) is 0 Å². The summed E-state index contributed by atoms with van der Waals surface area (Å²) in [6.07, 6.45) is 2.73. The Bertz CT molecular complexity index is 282. The first-order chi connectivity index (χ1) is 9.52. The molecule has 1 heterocycles. The van der Waals surface area contributed by atoms with E-state index < -0.39 is 0 Å². The number of hydrogen-bond donors (Lipinski definition) is 2. The van der Waals surface area contributed by atoms with Gasteiger partial charge < -0.3 is 15.5 Å². The first kappa shape index (κ1) is 17.3. The molecule has 0 bridgehead atoms. The number of nitrogens with zero attached hydrogens (tertiary/aromatic N) is 2. The summed E-state index contributed by atoms with van der Waals surface area (Å²) >= 11 is 0. The van der Waals surface area contributed by atoms with Gasteiger partial charge in [-0.3, -0.25) is 4.99 Å². The molecule has 0 saturated carbocycles. The van der Waals surface area contributed by atoms with Gasteiger partial charge in [-0.05, 0) is 51.6 Å². The number of guanidine groups is 1. The van der Waals surface area contributed by atoms with Crippen molar-refractivity contribution < 1.29 is 0 Å². The molecular weight excluding hydrogens is 248 g/mol. The Balaban J connectivity index is 2.39. The van der Waals surface area contributed by atoms with E-state index >= 15 is 0 Å². The first-order valence-electron chi connectivity index (χ1n) is 8.30. The summed E-state index contributed by atoms with van der Waals surface area (Å²) in [6, 6.07) is 0.446. The number of rotatable bonds is 7. The molecule has 1 rings (SSSR count). The summed E-state index contributed by atoms with van der Waals surface area (Å²) in [4.78, 5) is 7.31. The Morgan fingerprint density at radius 1 is 1.15 bits per heavy atom. The Kier molecular flexibility index (Phi) is 7.97. The predicted molar refractivity (Wildman–Crippen MR) is 88.3 cm³/mol. The van der Waals surface area contributed by atoms with E-state index in [4.69, 9.17) is 4.99 Å². The molecule has 1 aliphatic rings. The lowest BCUT2D eigenvalue weighted by Crippen LogP contribution is -2.44. The minimum absolute atomic E-state index is 0.446. The fraction of sp³-hybridized carbons (Fsp3) is 0.938. The maximum atomic E-state index is 4.75. The van der Waals surface area contributed by atoms with E-state index in [1.165, 1.54) is 32.5 Å². The molecule has 0 spiro atoms. The summed E-state index contributed by atoms with van der Waals surface area (Å²) in [5.74, 6) is 2.20. The zero-order valence-electron chi connectivity index (χ0n) is 14.1. The van der Waals surface area contributed by atoms with Crippen molar-refractivity contribution in [2.24, 2.45) is 16.8 Å². The minimum Gasteiger partial charge on any atom is -0.357 e. The minimum atomic E-state index is 0.446. The fourth-order valence-electron chi connectivity index (χ4n) is 2.41. The van der Waals surface area contributed by atoms with Crippen LogP contribution in [0.1, 0.15) is 47.5 Å². The van der Waals surface area contributed by atoms with E-state index in [-0.39, 0.29) is 0 Å². The third-order valence-corrected chi connectivity index (χ3v) is 4.04. The van der Waals surface area contributed by atoms with Gasteiger partial charge >= 0.3 is 0 Å². The molecule has 1 aliphatic heterocycles. The molecule has 0 aliphatic carbocycles. The second-order valence-electron chi connectivity index (χ2n) is 6.51. The number of likely N-dealkylation sites (tertiary alicyclic amines) is 1. The maximum Gasteiger partial charge on any atom is 0.191 e. The van der Waals surface area contributed by atoms with Gasteiger partial charge in [0.2, 0.25) is 0 Å². The quantitative estimate of drug-likeness (QED) is 0.556. The van der Waals surface area contributed by atoms with Crippen LogP contribution in [0.3, 0.4) is 0 Å². The predicted octanol–water partition coefficient (Wildman–Crippen LogP) is 2.32. The summed E-state index contributed by atoms with van der Waals surface area (Å²) < 4.78 is 0. The molecule has 0 radical (unpaired) electrons. The van der Waals surface area contributed by atoms with Gasteiger partial charge in [0.15, 0.2) is 5.96 Å². The number of nitrogens with one attached hydrogen (secondary N) is 2. The van der Waals surface area contributed by atoms with Crippen molar-refractivity contribution >= 4 is 5.96 Å². The summed E-state index contributed by atoms with van der Waals surface area (Å²) in [6.45, 7) is 16.6. The highest BCUT2D eigenvalue weighted by molar-refractivity contribution is 5.80. The molecule has 0 aromatic carbocycles. The van der Waals surface area contributed by atoms with E-state index in [2.05, 4.69) is 50.2 Å². The molecule has 0 aromatic heterocycles. The maximum absolute atomic E-state index is 4.75. The average Bonchev–Trinajstić information content (AvgIpc) is 2.88. The smallest absolute Gasteiger partial charge is 0.191 e. The molecule has 0 aromatic rings. The molecule has 4 heteroatoms. The van der Waals surface area contributed by atoms with Crippen LogP contribution in [-0.2, 0) is 0 Å². The van der Waals surface area contributed by atoms with Gasteiger partial charge in [0.05, 0.1) is 0 Å². The summed E-state index contributed by atoms with van der Waals surface area (Å²) in [5.41, 5.74) is 0. The molecule has 2 N–H and O–H groups in total. The first-order valence-corrected chi connectivity index (χ1v) is 8.30. The monoisotopic (exact) mass is 282 g/mol. The zero-order valence-corrected chi connectivity index (χ0v) is 14.1. The van der Waals surface area contributed by atoms with Crippen LogP contribution in [0, 0.1) is 11.8 Å². The Morgan fingerprint density at radius 3 is 2.35 bits per heavy atom. The van der Waals surface area contributed by atoms with Crippen LogP contribution in [0.5, 0.6) is 0 Å². The van der Waals surface area contributed by atoms with Crippen molar-refractivity contribution in [2.45, 2.75) is 53.5 Å². The molecule has 2 unspecified atom stereocenters. The topological polar surface area (TPSA) is 39.7 Å². The highest BCUT2D eigenvalue weighted by Crippen LogP contribution is 2.10. The lowest BCUT2D eigenvalue weighted by atomic mass is 10.1. The zero-order chi connectivity index (χ0) is 15.0. The van der Waals surface area contributed by atoms with Gasteiger partial charge in [0, 0.05) is 25.7 Å². The number of hydrogen-bond acceptors (Lipinski definition) is 2. The van der Waals surface area contributed by atoms with Crippen molar-refractivity contribution in [3.63, 3.8) is 0 Å². The highest BCUT2D eigenvalue weighted by Gasteiger charge is 2.15. The van der Waals surface area contributed by atoms with E-state index in [0.29, 0.717) is 17.9 Å². The largest absolute Gasteiger partial charge is 0.357 e. The number of aliphatic imine (C=N–C) groups is 1. The van der Waals surface area contributed by atoms with Crippen molar-refractivity contribution in [3.05, 3.63) is 0 Å². The molecule has 2 atom stereocenters. The molecule has 4 nitrogen and oxygen atoms in total. The second kappa shape index (κ2) is 9.22. The van der Waals surface area contributed by atoms with E-state index in [1.807, 2.05) is 0 Å². The van der Waals surface area contributed by atoms with Crippen LogP contribution < -0.4 is 10.6 Å². The van der Waals surface area contributed by atoms with Gasteiger partial charge in [0.25, 0.3) is 0 Å². The normalized spacial score (nSPS) is 20.2. The van der Waals surface area contributed by atoms with Crippen LogP contribution in [-0.4, -0.2) is 49.6 Å². The van der Waals surface area contributed by atoms with E-state index in [0.717, 1.165) is 19.0 Å². The molecule has 1 saturated heterocycles. The van der Waals surface area contributed by atoms with Crippen LogP contribution in [0.25, 0.3) is 0 Å². The van der Waals surface area contributed by atoms with Crippen LogP contribution >= 0.6 is 0 Å². The van der Waals surface area contributed by atoms with Gasteiger partial charge in [-0.1, -0.05) is 20.8 Å². The van der Waals surface area contributed by atoms with Gasteiger partial charge in [-0.2, -0.15) is 0 Å². The highest BCUT2D eigenvalue weighted by atomic mass is 15.2. The third kappa shape index (κ3) is 6.60. The lowest BCUT2D eigenvalue weighted by Gasteiger charge is -2.22. The summed E-state index contributed by atoms with van der Waals surface area (Å²) in [5, 5.41) is 6.83. The SMILES string of the molecule is CCNC(=NCC(C)CN1CCCC1)NC(C)C(C)C. The molecular formula is C16H34N4. The van der Waals surface area contributed by atoms with Crippen molar-refractivity contribution in [3.8, 4) is 0 Å². The van der Waals surface area contributed by atoms with Crippen molar-refractivity contribution in [1.29, 1.82) is 0 Å². The van der Waals surface area contributed by atoms with Gasteiger partial charge in [0.1, 0.15) is 0 Å². The Labute approximate surface area is 125 Å². The van der Waals surface area contributed by atoms with Gasteiger partial charge in [-0.25, -0.2) is 0 Å². The Morgan fingerprint density at radius 2 is 1.80 bits per heavy atom. The summed E-state index contributed by atoms with van der Waals surface area (Å²) in [7, 11) is 0. The lowest BCUT2D eigenvalue weighted by molar-refractivity contribution is 0.291. The Hall–Kier alpha value is -0.770. The molecule has 1 fully saturated rings. The van der Waals surface area contributed by atoms with Crippen LogP contribution in [0.2, 0.25) is 0 Å². The molecule has 118 valence electrons. The standard InChI is InChI=1S/C16H34N4/c1-6-17-16(19-15(5)13(2)3)18-11-14(4)12-20-9-7-8-10-20/h13-15H,6-12H2,1-5H3,(H2,17,18,19). The average molecular weight is 282 g/mol. The molecule has 0 amide bonds. The molecule has 20 heavy (non-hydrogen) atoms. The van der Waals surface area contributed by atoms with Crippen LogP contribution in [0.4, 0.5) is 0 Å². The van der Waals surface area contributed by atoms with Crippen molar-refractivity contribution in [1.82, 2.24) is 15.5 Å². The second-order valence-corrected chi connectivity index (χ2v) is 6.51. The van der Waals surface area contributed by atoms with Crippen LogP contribution in [0.15, 0.2) is 4.99 Å².